The van der Waals surface area contributed by atoms with Crippen LogP contribution in [-0.2, 0) is 4.79 Å². The quantitative estimate of drug-likeness (QED) is 0.749. The number of halogens is 1. The molecule has 0 saturated heterocycles. The van der Waals surface area contributed by atoms with Crippen molar-refractivity contribution in [3.63, 3.8) is 0 Å². The number of hydrogen-bond donors (Lipinski definition) is 1. The van der Waals surface area contributed by atoms with E-state index in [-0.39, 0.29) is 5.82 Å². The molecule has 1 rings (SSSR count). The molecule has 0 spiro atoms. The van der Waals surface area contributed by atoms with E-state index in [4.69, 9.17) is 5.11 Å². The van der Waals surface area contributed by atoms with Gasteiger partial charge in [-0.2, -0.15) is 0 Å². The van der Waals surface area contributed by atoms with Crippen LogP contribution < -0.4 is 4.90 Å². The molecule has 0 atom stereocenters. The van der Waals surface area contributed by atoms with Gasteiger partial charge in [0, 0.05) is 30.4 Å². The van der Waals surface area contributed by atoms with Crippen LogP contribution in [0.1, 0.15) is 18.9 Å². The highest BCUT2D eigenvalue weighted by Gasteiger charge is 2.09. The Labute approximate surface area is 125 Å². The van der Waals surface area contributed by atoms with Gasteiger partial charge in [0.15, 0.2) is 0 Å². The van der Waals surface area contributed by atoms with Gasteiger partial charge >= 0.3 is 5.97 Å². The lowest BCUT2D eigenvalue weighted by Crippen LogP contribution is -2.27. The average molecular weight is 294 g/mol. The molecule has 0 unspecified atom stereocenters. The molecule has 0 fully saturated rings. The van der Waals surface area contributed by atoms with Gasteiger partial charge in [0.25, 0.3) is 0 Å². The maximum atomic E-state index is 13.4. The summed E-state index contributed by atoms with van der Waals surface area (Å²) in [6.07, 6.45) is 3.46. The number of carbonyl (C=O) groups is 1. The molecule has 4 nitrogen and oxygen atoms in total. The summed E-state index contributed by atoms with van der Waals surface area (Å²) in [6, 6.07) is 4.47. The molecule has 0 radical (unpaired) electrons. The lowest BCUT2D eigenvalue weighted by atomic mass is 10.1. The van der Waals surface area contributed by atoms with Crippen molar-refractivity contribution in [2.75, 3.05) is 38.6 Å². The molecule has 0 amide bonds. The number of nitrogens with zero attached hydrogens (tertiary/aromatic N) is 2. The highest BCUT2D eigenvalue weighted by Crippen LogP contribution is 2.23. The molecule has 0 heterocycles. The van der Waals surface area contributed by atoms with Gasteiger partial charge in [-0.05, 0) is 58.3 Å². The van der Waals surface area contributed by atoms with Crippen molar-refractivity contribution < 1.29 is 14.3 Å². The Morgan fingerprint density at radius 3 is 2.62 bits per heavy atom. The van der Waals surface area contributed by atoms with Crippen LogP contribution >= 0.6 is 0 Å². The SMILES string of the molecule is CCN(CCCN(C)C)c1ccc(F)cc1/C=C/C(=O)O. The first kappa shape index (κ1) is 17.2. The molecule has 1 aromatic rings. The van der Waals surface area contributed by atoms with Crippen LogP contribution in [0, 0.1) is 5.82 Å². The second-order valence-corrected chi connectivity index (χ2v) is 5.11. The molecule has 21 heavy (non-hydrogen) atoms. The summed E-state index contributed by atoms with van der Waals surface area (Å²) < 4.78 is 13.4. The fourth-order valence-corrected chi connectivity index (χ4v) is 2.13. The summed E-state index contributed by atoms with van der Waals surface area (Å²) in [6.45, 7) is 4.63. The van der Waals surface area contributed by atoms with E-state index in [1.54, 1.807) is 6.07 Å². The Morgan fingerprint density at radius 1 is 1.33 bits per heavy atom. The number of aliphatic carboxylic acids is 1. The maximum absolute atomic E-state index is 13.4. The summed E-state index contributed by atoms with van der Waals surface area (Å²) in [4.78, 5) is 14.9. The minimum Gasteiger partial charge on any atom is -0.478 e. The number of benzene rings is 1. The Kier molecular flexibility index (Phi) is 6.88. The summed E-state index contributed by atoms with van der Waals surface area (Å²) >= 11 is 0. The highest BCUT2D eigenvalue weighted by atomic mass is 19.1. The smallest absolute Gasteiger partial charge is 0.328 e. The minimum atomic E-state index is -1.04. The summed E-state index contributed by atoms with van der Waals surface area (Å²) in [5.74, 6) is -1.41. The third-order valence-electron chi connectivity index (χ3n) is 3.15. The zero-order chi connectivity index (χ0) is 15.8. The van der Waals surface area contributed by atoms with Crippen LogP contribution in [0.2, 0.25) is 0 Å². The maximum Gasteiger partial charge on any atom is 0.328 e. The van der Waals surface area contributed by atoms with E-state index in [0.717, 1.165) is 37.8 Å². The van der Waals surface area contributed by atoms with Crippen molar-refractivity contribution in [2.24, 2.45) is 0 Å². The van der Waals surface area contributed by atoms with Crippen LogP contribution in [0.25, 0.3) is 6.08 Å². The van der Waals surface area contributed by atoms with Crippen molar-refractivity contribution in [3.05, 3.63) is 35.7 Å². The topological polar surface area (TPSA) is 43.8 Å². The Hall–Kier alpha value is -1.88. The standard InChI is InChI=1S/C16H23FN2O2/c1-4-19(11-5-10-18(2)3)15-8-7-14(17)12-13(15)6-9-16(20)21/h6-9,12H,4-5,10-11H2,1-3H3,(H,20,21)/b9-6+. The largest absolute Gasteiger partial charge is 0.478 e. The van der Waals surface area contributed by atoms with E-state index in [0.29, 0.717) is 5.56 Å². The van der Waals surface area contributed by atoms with Gasteiger partial charge in [-0.15, -0.1) is 0 Å². The Balaban J connectivity index is 2.94. The molecule has 116 valence electrons. The van der Waals surface area contributed by atoms with E-state index in [1.807, 2.05) is 21.0 Å². The summed E-state index contributed by atoms with van der Waals surface area (Å²) in [7, 11) is 4.05. The molecule has 0 aromatic heterocycles. The van der Waals surface area contributed by atoms with Crippen LogP contribution in [0.4, 0.5) is 10.1 Å². The van der Waals surface area contributed by atoms with Crippen molar-refractivity contribution in [3.8, 4) is 0 Å². The van der Waals surface area contributed by atoms with Gasteiger partial charge in [0.2, 0.25) is 0 Å². The zero-order valence-electron chi connectivity index (χ0n) is 12.8. The first-order chi connectivity index (χ1) is 9.93. The van der Waals surface area contributed by atoms with Gasteiger partial charge < -0.3 is 14.9 Å². The first-order valence-electron chi connectivity index (χ1n) is 7.04. The molecule has 0 aliphatic heterocycles. The molecule has 0 aliphatic carbocycles. The number of carboxylic acids is 1. The van der Waals surface area contributed by atoms with Gasteiger partial charge in [-0.1, -0.05) is 0 Å². The van der Waals surface area contributed by atoms with E-state index < -0.39 is 5.97 Å². The number of rotatable bonds is 8. The molecular weight excluding hydrogens is 271 g/mol. The predicted molar refractivity (Wildman–Crippen MR) is 84.1 cm³/mol. The molecule has 0 saturated carbocycles. The number of hydrogen-bond acceptors (Lipinski definition) is 3. The second-order valence-electron chi connectivity index (χ2n) is 5.11. The number of anilines is 1. The van der Waals surface area contributed by atoms with Gasteiger partial charge in [-0.25, -0.2) is 9.18 Å². The fraction of sp³-hybridized carbons (Fsp3) is 0.438. The fourth-order valence-electron chi connectivity index (χ4n) is 2.13. The van der Waals surface area contributed by atoms with Gasteiger partial charge in [-0.3, -0.25) is 0 Å². The molecule has 0 aliphatic rings. The predicted octanol–water partition coefficient (Wildman–Crippen LogP) is 2.70. The Morgan fingerprint density at radius 2 is 2.05 bits per heavy atom. The minimum absolute atomic E-state index is 0.367. The van der Waals surface area contributed by atoms with Crippen LogP contribution in [0.15, 0.2) is 24.3 Å². The molecule has 5 heteroatoms. The molecular formula is C16H23FN2O2. The van der Waals surface area contributed by atoms with E-state index in [1.165, 1.54) is 18.2 Å². The molecule has 0 bridgehead atoms. The van der Waals surface area contributed by atoms with Crippen LogP contribution in [0.5, 0.6) is 0 Å². The van der Waals surface area contributed by atoms with Gasteiger partial charge in [0.1, 0.15) is 5.82 Å². The second kappa shape index (κ2) is 8.42. The third-order valence-corrected chi connectivity index (χ3v) is 3.15. The third kappa shape index (κ3) is 5.95. The van der Waals surface area contributed by atoms with Crippen molar-refractivity contribution in [2.45, 2.75) is 13.3 Å². The lowest BCUT2D eigenvalue weighted by molar-refractivity contribution is -0.131. The summed E-state index contributed by atoms with van der Waals surface area (Å²) in [5.41, 5.74) is 1.44. The van der Waals surface area contributed by atoms with E-state index in [2.05, 4.69) is 9.80 Å². The van der Waals surface area contributed by atoms with Crippen molar-refractivity contribution >= 4 is 17.7 Å². The normalized spacial score (nSPS) is 11.3. The average Bonchev–Trinajstić information content (AvgIpc) is 2.42. The number of carboxylic acid groups (broad SMARTS) is 1. The molecule has 1 aromatic carbocycles. The van der Waals surface area contributed by atoms with E-state index >= 15 is 0 Å². The molecule has 1 N–H and O–H groups in total. The monoisotopic (exact) mass is 294 g/mol. The van der Waals surface area contributed by atoms with Crippen LogP contribution in [-0.4, -0.2) is 49.7 Å². The Bertz CT molecular complexity index is 501. The lowest BCUT2D eigenvalue weighted by Gasteiger charge is -2.25. The van der Waals surface area contributed by atoms with Gasteiger partial charge in [0.05, 0.1) is 0 Å². The first-order valence-corrected chi connectivity index (χ1v) is 7.04. The zero-order valence-corrected chi connectivity index (χ0v) is 12.8. The van der Waals surface area contributed by atoms with E-state index in [9.17, 15) is 9.18 Å². The van der Waals surface area contributed by atoms with Crippen molar-refractivity contribution in [1.29, 1.82) is 0 Å². The summed E-state index contributed by atoms with van der Waals surface area (Å²) in [5, 5.41) is 8.73. The van der Waals surface area contributed by atoms with Crippen LogP contribution in [0.3, 0.4) is 0 Å². The highest BCUT2D eigenvalue weighted by molar-refractivity contribution is 5.87. The van der Waals surface area contributed by atoms with Crippen molar-refractivity contribution in [1.82, 2.24) is 4.90 Å².